The van der Waals surface area contributed by atoms with Crippen LogP contribution in [0.15, 0.2) is 77.9 Å². The van der Waals surface area contributed by atoms with Crippen molar-refractivity contribution >= 4 is 33.9 Å². The molecule has 0 saturated heterocycles. The zero-order valence-electron chi connectivity index (χ0n) is 19.0. The highest BCUT2D eigenvalue weighted by Gasteiger charge is 2.15. The van der Waals surface area contributed by atoms with E-state index in [1.54, 1.807) is 6.20 Å². The van der Waals surface area contributed by atoms with Gasteiger partial charge in [-0.1, -0.05) is 44.2 Å². The lowest BCUT2D eigenvalue weighted by atomic mass is 10.1. The summed E-state index contributed by atoms with van der Waals surface area (Å²) in [6, 6.07) is 20.2. The summed E-state index contributed by atoms with van der Waals surface area (Å²) in [5.74, 6) is 0. The maximum atomic E-state index is 12.9. The second-order valence-corrected chi connectivity index (χ2v) is 8.44. The normalized spacial score (nSPS) is 10.8. The van der Waals surface area contributed by atoms with Gasteiger partial charge in [0.2, 0.25) is 0 Å². The van der Waals surface area contributed by atoms with Crippen LogP contribution in [-0.2, 0) is 25.9 Å². The molecule has 0 amide bonds. The number of hydrogen-bond donors (Lipinski definition) is 2. The lowest BCUT2D eigenvalue weighted by Gasteiger charge is -2.26. The standard InChI is InChI=1S/C27H28N4OS/c1-3-19-11-12-25-22(14-19)15-23(26(32)29-25)18-31(17-20-8-7-13-28-16-20)27(33)30-24-10-6-5-9-21(24)4-2/h5-16H,3-4,17-18H2,1-2H3,(H,29,32)(H,30,33). The van der Waals surface area contributed by atoms with Crippen LogP contribution in [0.4, 0.5) is 5.69 Å². The summed E-state index contributed by atoms with van der Waals surface area (Å²) in [5.41, 5.74) is 5.86. The van der Waals surface area contributed by atoms with Crippen molar-refractivity contribution in [1.82, 2.24) is 14.9 Å². The Balaban J connectivity index is 1.66. The highest BCUT2D eigenvalue weighted by molar-refractivity contribution is 7.80. The van der Waals surface area contributed by atoms with Crippen molar-refractivity contribution in [1.29, 1.82) is 0 Å². The summed E-state index contributed by atoms with van der Waals surface area (Å²) in [6.07, 6.45) is 5.43. The number of fused-ring (bicyclic) bond motifs is 1. The van der Waals surface area contributed by atoms with E-state index >= 15 is 0 Å². The number of nitrogens with one attached hydrogen (secondary N) is 2. The van der Waals surface area contributed by atoms with E-state index in [0.29, 0.717) is 23.8 Å². The molecule has 168 valence electrons. The minimum Gasteiger partial charge on any atom is -0.340 e. The van der Waals surface area contributed by atoms with Crippen molar-refractivity contribution in [2.75, 3.05) is 5.32 Å². The van der Waals surface area contributed by atoms with E-state index in [1.807, 2.05) is 53.6 Å². The number of H-pyrrole nitrogens is 1. The smallest absolute Gasteiger partial charge is 0.253 e. The minimum atomic E-state index is -0.0975. The first-order valence-electron chi connectivity index (χ1n) is 11.2. The molecule has 0 saturated carbocycles. The Hall–Kier alpha value is -3.51. The second kappa shape index (κ2) is 10.4. The molecule has 0 bridgehead atoms. The van der Waals surface area contributed by atoms with E-state index in [1.165, 1.54) is 11.1 Å². The minimum absolute atomic E-state index is 0.0975. The number of aromatic amines is 1. The molecule has 6 heteroatoms. The van der Waals surface area contributed by atoms with Gasteiger partial charge in [0, 0.05) is 35.7 Å². The first-order chi connectivity index (χ1) is 16.1. The van der Waals surface area contributed by atoms with E-state index in [9.17, 15) is 4.79 Å². The van der Waals surface area contributed by atoms with E-state index in [0.717, 1.165) is 35.0 Å². The predicted octanol–water partition coefficient (Wildman–Crippen LogP) is 5.45. The average Bonchev–Trinajstić information content (AvgIpc) is 2.84. The predicted molar refractivity (Wildman–Crippen MR) is 139 cm³/mol. The van der Waals surface area contributed by atoms with E-state index in [2.05, 4.69) is 47.3 Å². The van der Waals surface area contributed by atoms with Crippen molar-refractivity contribution in [3.8, 4) is 0 Å². The Bertz CT molecular complexity index is 1320. The fourth-order valence-corrected chi connectivity index (χ4v) is 4.14. The van der Waals surface area contributed by atoms with Gasteiger partial charge in [0.1, 0.15) is 0 Å². The number of benzene rings is 2. The summed E-state index contributed by atoms with van der Waals surface area (Å²) < 4.78 is 0. The van der Waals surface area contributed by atoms with Crippen LogP contribution in [0.3, 0.4) is 0 Å². The van der Waals surface area contributed by atoms with Crippen molar-refractivity contribution in [2.24, 2.45) is 0 Å². The molecule has 0 radical (unpaired) electrons. The quantitative estimate of drug-likeness (QED) is 0.362. The SMILES string of the molecule is CCc1ccc2[nH]c(=O)c(CN(Cc3cccnc3)C(=S)Nc3ccccc3CC)cc2c1. The number of aryl methyl sites for hydroxylation is 2. The van der Waals surface area contributed by atoms with E-state index in [4.69, 9.17) is 12.2 Å². The number of hydrogen-bond acceptors (Lipinski definition) is 3. The van der Waals surface area contributed by atoms with Crippen LogP contribution < -0.4 is 10.9 Å². The van der Waals surface area contributed by atoms with Crippen LogP contribution >= 0.6 is 12.2 Å². The molecule has 2 heterocycles. The van der Waals surface area contributed by atoms with Crippen LogP contribution in [-0.4, -0.2) is 20.0 Å². The third-order valence-corrected chi connectivity index (χ3v) is 6.14. The maximum absolute atomic E-state index is 12.9. The number of thiocarbonyl (C=S) groups is 1. The van der Waals surface area contributed by atoms with Crippen LogP contribution in [0.1, 0.15) is 36.1 Å². The fourth-order valence-electron chi connectivity index (χ4n) is 3.90. The van der Waals surface area contributed by atoms with Crippen LogP contribution in [0.5, 0.6) is 0 Å². The topological polar surface area (TPSA) is 61.0 Å². The monoisotopic (exact) mass is 456 g/mol. The molecular weight excluding hydrogens is 428 g/mol. The molecule has 0 aliphatic heterocycles. The molecule has 4 rings (SSSR count). The molecule has 0 aliphatic rings. The van der Waals surface area contributed by atoms with Gasteiger partial charge in [0.05, 0.1) is 6.54 Å². The molecule has 2 N–H and O–H groups in total. The Labute approximate surface area is 199 Å². The Morgan fingerprint density at radius 3 is 2.58 bits per heavy atom. The molecular formula is C27H28N4OS. The van der Waals surface area contributed by atoms with Gasteiger partial charge in [-0.05, 0) is 77.5 Å². The maximum Gasteiger partial charge on any atom is 0.253 e. The summed E-state index contributed by atoms with van der Waals surface area (Å²) in [4.78, 5) is 22.2. The number of anilines is 1. The van der Waals surface area contributed by atoms with Crippen LogP contribution in [0, 0.1) is 0 Å². The summed E-state index contributed by atoms with van der Waals surface area (Å²) >= 11 is 5.82. The number of rotatable bonds is 7. The fraction of sp³-hybridized carbons (Fsp3) is 0.222. The van der Waals surface area contributed by atoms with Gasteiger partial charge in [-0.3, -0.25) is 9.78 Å². The molecule has 4 aromatic rings. The molecule has 0 fully saturated rings. The first kappa shape index (κ1) is 22.7. The van der Waals surface area contributed by atoms with Gasteiger partial charge < -0.3 is 15.2 Å². The molecule has 0 unspecified atom stereocenters. The van der Waals surface area contributed by atoms with Gasteiger partial charge in [-0.2, -0.15) is 0 Å². The van der Waals surface area contributed by atoms with Gasteiger partial charge in [0.25, 0.3) is 5.56 Å². The number of nitrogens with zero attached hydrogens (tertiary/aromatic N) is 2. The second-order valence-electron chi connectivity index (χ2n) is 8.06. The Kier molecular flexibility index (Phi) is 7.15. The number of para-hydroxylation sites is 1. The highest BCUT2D eigenvalue weighted by Crippen LogP contribution is 2.19. The number of aromatic nitrogens is 2. The van der Waals surface area contributed by atoms with Crippen molar-refractivity contribution in [3.63, 3.8) is 0 Å². The molecule has 0 spiro atoms. The third kappa shape index (κ3) is 5.46. The van der Waals surface area contributed by atoms with E-state index < -0.39 is 0 Å². The zero-order chi connectivity index (χ0) is 23.2. The molecule has 0 atom stereocenters. The van der Waals surface area contributed by atoms with E-state index in [-0.39, 0.29) is 5.56 Å². The summed E-state index contributed by atoms with van der Waals surface area (Å²) in [6.45, 7) is 5.18. The molecule has 2 aromatic carbocycles. The summed E-state index contributed by atoms with van der Waals surface area (Å²) in [7, 11) is 0. The van der Waals surface area contributed by atoms with Crippen LogP contribution in [0.2, 0.25) is 0 Å². The molecule has 5 nitrogen and oxygen atoms in total. The third-order valence-electron chi connectivity index (χ3n) is 5.78. The van der Waals surface area contributed by atoms with Crippen molar-refractivity contribution in [2.45, 2.75) is 39.8 Å². The van der Waals surface area contributed by atoms with Crippen molar-refractivity contribution in [3.05, 3.63) is 106 Å². The van der Waals surface area contributed by atoms with Crippen molar-refractivity contribution < 1.29 is 0 Å². The zero-order valence-corrected chi connectivity index (χ0v) is 19.8. The molecule has 0 aliphatic carbocycles. The molecule has 2 aromatic heterocycles. The van der Waals surface area contributed by atoms with Gasteiger partial charge in [-0.15, -0.1) is 0 Å². The Morgan fingerprint density at radius 2 is 1.82 bits per heavy atom. The van der Waals surface area contributed by atoms with Gasteiger partial charge in [0.15, 0.2) is 5.11 Å². The van der Waals surface area contributed by atoms with Crippen LogP contribution in [0.25, 0.3) is 10.9 Å². The average molecular weight is 457 g/mol. The Morgan fingerprint density at radius 1 is 0.970 bits per heavy atom. The number of pyridine rings is 2. The summed E-state index contributed by atoms with van der Waals surface area (Å²) in [5, 5.41) is 5.00. The lowest BCUT2D eigenvalue weighted by molar-refractivity contribution is 0.410. The largest absolute Gasteiger partial charge is 0.340 e. The molecule has 33 heavy (non-hydrogen) atoms. The first-order valence-corrected chi connectivity index (χ1v) is 11.7. The lowest BCUT2D eigenvalue weighted by Crippen LogP contribution is -2.35. The highest BCUT2D eigenvalue weighted by atomic mass is 32.1. The van der Waals surface area contributed by atoms with Gasteiger partial charge in [-0.25, -0.2) is 0 Å². The van der Waals surface area contributed by atoms with Gasteiger partial charge >= 0.3 is 0 Å².